The Balaban J connectivity index is 1.47. The highest BCUT2D eigenvalue weighted by atomic mass is 19.1. The monoisotopic (exact) mass is 564 g/mol. The molecule has 2 aromatic heterocycles. The lowest BCUT2D eigenvalue weighted by Crippen LogP contribution is -2.46. The molecule has 2 amide bonds. The van der Waals surface area contributed by atoms with Gasteiger partial charge in [-0.05, 0) is 61.0 Å². The molecule has 1 aliphatic rings. The molecule has 212 valence electrons. The molecule has 1 atom stereocenters. The van der Waals surface area contributed by atoms with Gasteiger partial charge in [0.1, 0.15) is 17.3 Å². The van der Waals surface area contributed by atoms with Crippen LogP contribution in [0.1, 0.15) is 32.0 Å². The first-order valence-electron chi connectivity index (χ1n) is 12.7. The number of halogens is 2. The van der Waals surface area contributed by atoms with Gasteiger partial charge in [-0.25, -0.2) is 23.4 Å². The van der Waals surface area contributed by atoms with Gasteiger partial charge in [0.15, 0.2) is 0 Å². The van der Waals surface area contributed by atoms with Crippen molar-refractivity contribution in [3.8, 4) is 11.3 Å². The molecule has 1 fully saturated rings. The maximum Gasteiger partial charge on any atom is 0.409 e. The van der Waals surface area contributed by atoms with Crippen LogP contribution in [0.2, 0.25) is 0 Å². The number of methoxy groups -OCH3 is 1. The van der Waals surface area contributed by atoms with E-state index in [1.807, 2.05) is 13.0 Å². The van der Waals surface area contributed by atoms with Gasteiger partial charge in [0.05, 0.1) is 48.9 Å². The second-order valence-corrected chi connectivity index (χ2v) is 9.60. The first-order valence-corrected chi connectivity index (χ1v) is 12.7. The largest absolute Gasteiger partial charge is 0.478 e. The van der Waals surface area contributed by atoms with E-state index in [0.717, 1.165) is 17.7 Å². The summed E-state index contributed by atoms with van der Waals surface area (Å²) in [5.41, 5.74) is 1.58. The third-order valence-electron chi connectivity index (χ3n) is 6.80. The Morgan fingerprint density at radius 2 is 1.78 bits per heavy atom. The standard InChI is InChI=1S/C29H26F2N4O6/c1-16-7-8-35-23(14-20-15-34(9-10-41-20)29(39)40-2)26(33-24(35)11-16)25-21(30)12-19(13-22(25)31)32-27(36)17-3-5-18(6-4-17)28(37)38/h3-8,11-13,20H,9-10,14-15H2,1-2H3,(H,32,36)(H,37,38)/t20-/m0/s1. The van der Waals surface area contributed by atoms with E-state index in [-0.39, 0.29) is 47.6 Å². The number of hydrogen-bond donors (Lipinski definition) is 2. The highest BCUT2D eigenvalue weighted by molar-refractivity contribution is 6.04. The fourth-order valence-corrected chi connectivity index (χ4v) is 4.78. The number of imidazole rings is 1. The number of carboxylic acid groups (broad SMARTS) is 1. The molecule has 2 N–H and O–H groups in total. The topological polar surface area (TPSA) is 122 Å². The van der Waals surface area contributed by atoms with Crippen molar-refractivity contribution in [1.82, 2.24) is 14.3 Å². The van der Waals surface area contributed by atoms with E-state index in [0.29, 0.717) is 17.9 Å². The number of pyridine rings is 1. The first-order chi connectivity index (χ1) is 19.6. The predicted molar refractivity (Wildman–Crippen MR) is 144 cm³/mol. The van der Waals surface area contributed by atoms with Gasteiger partial charge in [0.25, 0.3) is 5.91 Å². The lowest BCUT2D eigenvalue weighted by atomic mass is 10.0. The summed E-state index contributed by atoms with van der Waals surface area (Å²) in [5, 5.41) is 11.5. The van der Waals surface area contributed by atoms with Crippen molar-refractivity contribution in [3.05, 3.63) is 88.7 Å². The molecular weight excluding hydrogens is 538 g/mol. The van der Waals surface area contributed by atoms with Crippen molar-refractivity contribution >= 4 is 29.3 Å². The second-order valence-electron chi connectivity index (χ2n) is 9.60. The summed E-state index contributed by atoms with van der Waals surface area (Å²) in [5.74, 6) is -3.69. The summed E-state index contributed by atoms with van der Waals surface area (Å²) in [6.45, 7) is 2.75. The molecule has 4 aromatic rings. The van der Waals surface area contributed by atoms with E-state index in [9.17, 15) is 14.4 Å². The highest BCUT2D eigenvalue weighted by Crippen LogP contribution is 2.33. The van der Waals surface area contributed by atoms with Gasteiger partial charge in [-0.1, -0.05) is 0 Å². The molecule has 0 unspecified atom stereocenters. The van der Waals surface area contributed by atoms with E-state index < -0.39 is 35.7 Å². The molecule has 12 heteroatoms. The number of carbonyl (C=O) groups is 3. The van der Waals surface area contributed by atoms with Crippen LogP contribution < -0.4 is 5.32 Å². The zero-order valence-corrected chi connectivity index (χ0v) is 22.2. The number of carboxylic acids is 1. The van der Waals surface area contributed by atoms with Crippen molar-refractivity contribution < 1.29 is 37.7 Å². The molecule has 0 bridgehead atoms. The number of aromatic carboxylic acids is 1. The van der Waals surface area contributed by atoms with Crippen LogP contribution in [0.5, 0.6) is 0 Å². The number of carbonyl (C=O) groups excluding carboxylic acids is 2. The number of benzene rings is 2. The van der Waals surface area contributed by atoms with Crippen molar-refractivity contribution in [2.45, 2.75) is 19.4 Å². The van der Waals surface area contributed by atoms with E-state index >= 15 is 8.78 Å². The maximum absolute atomic E-state index is 15.6. The Hall–Kier alpha value is -4.84. The summed E-state index contributed by atoms with van der Waals surface area (Å²) >= 11 is 0. The van der Waals surface area contributed by atoms with E-state index in [4.69, 9.17) is 14.6 Å². The molecule has 10 nitrogen and oxygen atoms in total. The highest BCUT2D eigenvalue weighted by Gasteiger charge is 2.29. The minimum absolute atomic E-state index is 0.00178. The number of aryl methyl sites for hydroxylation is 1. The number of rotatable bonds is 6. The van der Waals surface area contributed by atoms with Crippen LogP contribution in [0.3, 0.4) is 0 Å². The van der Waals surface area contributed by atoms with Crippen LogP contribution in [0.25, 0.3) is 16.9 Å². The van der Waals surface area contributed by atoms with Crippen LogP contribution in [-0.2, 0) is 15.9 Å². The summed E-state index contributed by atoms with van der Waals surface area (Å²) < 4.78 is 43.6. The third kappa shape index (κ3) is 5.73. The van der Waals surface area contributed by atoms with Gasteiger partial charge in [0, 0.05) is 30.4 Å². The van der Waals surface area contributed by atoms with E-state index in [1.54, 1.807) is 16.7 Å². The van der Waals surface area contributed by atoms with Crippen molar-refractivity contribution in [1.29, 1.82) is 0 Å². The van der Waals surface area contributed by atoms with Gasteiger partial charge in [-0.3, -0.25) is 4.79 Å². The number of amides is 2. The SMILES string of the molecule is COC(=O)N1CCO[C@@H](Cc2c(-c3c(F)cc(NC(=O)c4ccc(C(=O)O)cc4)cc3F)nc3cc(C)ccn23)C1. The van der Waals surface area contributed by atoms with Gasteiger partial charge < -0.3 is 29.2 Å². The molecular formula is C29H26F2N4O6. The molecule has 2 aromatic carbocycles. The van der Waals surface area contributed by atoms with Crippen molar-refractivity contribution in [2.24, 2.45) is 0 Å². The summed E-state index contributed by atoms with van der Waals surface area (Å²) in [6.07, 6.45) is 1.01. The molecule has 1 saturated heterocycles. The van der Waals surface area contributed by atoms with Crippen LogP contribution in [0.4, 0.5) is 19.3 Å². The Morgan fingerprint density at radius 1 is 1.10 bits per heavy atom. The number of nitrogens with zero attached hydrogens (tertiary/aromatic N) is 3. The Labute approximate surface area is 233 Å². The number of nitrogens with one attached hydrogen (secondary N) is 1. The maximum atomic E-state index is 15.6. The van der Waals surface area contributed by atoms with Crippen LogP contribution in [0, 0.1) is 18.6 Å². The summed E-state index contributed by atoms with van der Waals surface area (Å²) in [6, 6.07) is 10.8. The zero-order chi connectivity index (χ0) is 29.3. The first kappa shape index (κ1) is 27.7. The predicted octanol–water partition coefficient (Wildman–Crippen LogP) is 4.55. The van der Waals surface area contributed by atoms with Crippen molar-refractivity contribution in [3.63, 3.8) is 0 Å². The Morgan fingerprint density at radius 3 is 2.44 bits per heavy atom. The normalized spacial score (nSPS) is 15.1. The van der Waals surface area contributed by atoms with Gasteiger partial charge in [-0.2, -0.15) is 0 Å². The van der Waals surface area contributed by atoms with Crippen LogP contribution in [-0.4, -0.2) is 70.3 Å². The zero-order valence-electron chi connectivity index (χ0n) is 22.2. The van der Waals surface area contributed by atoms with E-state index in [2.05, 4.69) is 10.3 Å². The second kappa shape index (κ2) is 11.3. The molecule has 1 aliphatic heterocycles. The third-order valence-corrected chi connectivity index (χ3v) is 6.80. The fourth-order valence-electron chi connectivity index (χ4n) is 4.78. The van der Waals surface area contributed by atoms with Crippen LogP contribution in [0.15, 0.2) is 54.7 Å². The van der Waals surface area contributed by atoms with Gasteiger partial charge in [0.2, 0.25) is 0 Å². The number of ether oxygens (including phenoxy) is 2. The molecule has 0 aliphatic carbocycles. The molecule has 0 saturated carbocycles. The molecule has 3 heterocycles. The smallest absolute Gasteiger partial charge is 0.409 e. The Kier molecular flexibility index (Phi) is 7.66. The average Bonchev–Trinajstić information content (AvgIpc) is 3.28. The average molecular weight is 565 g/mol. The number of anilines is 1. The number of hydrogen-bond acceptors (Lipinski definition) is 6. The Bertz CT molecular complexity index is 1630. The van der Waals surface area contributed by atoms with Crippen LogP contribution >= 0.6 is 0 Å². The molecule has 5 rings (SSSR count). The minimum atomic E-state index is -1.14. The number of fused-ring (bicyclic) bond motifs is 1. The summed E-state index contributed by atoms with van der Waals surface area (Å²) in [7, 11) is 1.30. The summed E-state index contributed by atoms with van der Waals surface area (Å²) in [4.78, 5) is 41.8. The fraction of sp³-hybridized carbons (Fsp3) is 0.241. The van der Waals surface area contributed by atoms with E-state index in [1.165, 1.54) is 36.3 Å². The quantitative estimate of drug-likeness (QED) is 0.352. The lowest BCUT2D eigenvalue weighted by Gasteiger charge is -2.32. The van der Waals surface area contributed by atoms with Gasteiger partial charge >= 0.3 is 12.1 Å². The molecule has 0 radical (unpaired) electrons. The van der Waals surface area contributed by atoms with Gasteiger partial charge in [-0.15, -0.1) is 0 Å². The molecule has 0 spiro atoms. The number of morpholine rings is 1. The molecule has 41 heavy (non-hydrogen) atoms. The lowest BCUT2D eigenvalue weighted by molar-refractivity contribution is -0.0241. The van der Waals surface area contributed by atoms with Crippen molar-refractivity contribution in [2.75, 3.05) is 32.1 Å². The minimum Gasteiger partial charge on any atom is -0.478 e. The number of aromatic nitrogens is 2.